The van der Waals surface area contributed by atoms with Crippen LogP contribution >= 0.6 is 34.2 Å². The fraction of sp³-hybridized carbons (Fsp3) is 0.400. The van der Waals surface area contributed by atoms with Crippen LogP contribution in [0, 0.1) is 10.8 Å². The van der Waals surface area contributed by atoms with Crippen LogP contribution in [0.2, 0.25) is 0 Å². The molecule has 0 fully saturated rings. The van der Waals surface area contributed by atoms with Gasteiger partial charge in [-0.3, -0.25) is 5.41 Å². The first-order chi connectivity index (χ1) is 7.99. The molecule has 0 spiro atoms. The average molecular weight is 371 g/mol. The van der Waals surface area contributed by atoms with Crippen molar-refractivity contribution in [3.05, 3.63) is 22.5 Å². The van der Waals surface area contributed by atoms with Gasteiger partial charge >= 0.3 is 0 Å². The van der Waals surface area contributed by atoms with Crippen molar-refractivity contribution in [3.8, 4) is 0 Å². The Labute approximate surface area is 119 Å². The van der Waals surface area contributed by atoms with Gasteiger partial charge in [0.15, 0.2) is 0 Å². The van der Waals surface area contributed by atoms with Crippen molar-refractivity contribution in [2.75, 3.05) is 13.6 Å². The Morgan fingerprint density at radius 2 is 2.18 bits per heavy atom. The minimum absolute atomic E-state index is 0.130. The molecular formula is C10H16ClIN4O. The molecule has 17 heavy (non-hydrogen) atoms. The molecule has 0 rings (SSSR count). The summed E-state index contributed by atoms with van der Waals surface area (Å²) in [6.45, 7) is 2.46. The standard InChI is InChI=1S/C10H16ClIN4O/c1-3-16-9(11)7(10(12)14)8(17)6(4-13)5-15-2/h4-5,8,13-17H,3H2,1-2H3/b6-5+,9-7-,13-4?,14-10?. The highest BCUT2D eigenvalue weighted by Gasteiger charge is 2.21. The van der Waals surface area contributed by atoms with E-state index in [4.69, 9.17) is 22.4 Å². The molecule has 0 bridgehead atoms. The minimum atomic E-state index is -1.10. The molecule has 5 N–H and O–H groups in total. The Morgan fingerprint density at radius 1 is 1.59 bits per heavy atom. The second-order valence-corrected chi connectivity index (χ2v) is 4.51. The molecule has 0 aromatic rings. The van der Waals surface area contributed by atoms with Crippen molar-refractivity contribution in [1.29, 1.82) is 10.8 Å². The van der Waals surface area contributed by atoms with Crippen LogP contribution < -0.4 is 10.6 Å². The number of aliphatic hydroxyl groups is 1. The van der Waals surface area contributed by atoms with Crippen molar-refractivity contribution in [1.82, 2.24) is 10.6 Å². The van der Waals surface area contributed by atoms with E-state index in [1.54, 1.807) is 29.6 Å². The van der Waals surface area contributed by atoms with Crippen molar-refractivity contribution in [3.63, 3.8) is 0 Å². The zero-order valence-corrected chi connectivity index (χ0v) is 12.6. The third-order valence-electron chi connectivity index (χ3n) is 1.87. The predicted octanol–water partition coefficient (Wildman–Crippen LogP) is 1.57. The van der Waals surface area contributed by atoms with E-state index < -0.39 is 6.10 Å². The molecule has 0 aromatic heterocycles. The lowest BCUT2D eigenvalue weighted by Crippen LogP contribution is -2.24. The van der Waals surface area contributed by atoms with Gasteiger partial charge < -0.3 is 21.1 Å². The maximum Gasteiger partial charge on any atom is 0.112 e. The topological polar surface area (TPSA) is 92.0 Å². The number of halogens is 2. The fourth-order valence-electron chi connectivity index (χ4n) is 1.12. The summed E-state index contributed by atoms with van der Waals surface area (Å²) in [6.07, 6.45) is 1.42. The third-order valence-corrected chi connectivity index (χ3v) is 2.79. The molecule has 1 atom stereocenters. The summed E-state index contributed by atoms with van der Waals surface area (Å²) >= 11 is 7.75. The minimum Gasteiger partial charge on any atom is -0.394 e. The van der Waals surface area contributed by atoms with Crippen LogP contribution in [0.15, 0.2) is 22.5 Å². The van der Waals surface area contributed by atoms with Gasteiger partial charge in [-0.15, -0.1) is 0 Å². The van der Waals surface area contributed by atoms with Crippen LogP contribution in [-0.4, -0.2) is 34.7 Å². The smallest absolute Gasteiger partial charge is 0.112 e. The van der Waals surface area contributed by atoms with Crippen molar-refractivity contribution in [2.24, 2.45) is 0 Å². The number of rotatable bonds is 7. The Bertz CT molecular complexity index is 354. The summed E-state index contributed by atoms with van der Waals surface area (Å²) in [5, 5.41) is 30.7. The summed E-state index contributed by atoms with van der Waals surface area (Å²) in [6, 6.07) is 0. The van der Waals surface area contributed by atoms with E-state index >= 15 is 0 Å². The monoisotopic (exact) mass is 370 g/mol. The second-order valence-electron chi connectivity index (χ2n) is 3.05. The molecule has 0 aliphatic heterocycles. The first kappa shape index (κ1) is 16.4. The number of nitrogens with one attached hydrogen (secondary N) is 4. The first-order valence-electron chi connectivity index (χ1n) is 4.93. The SMILES string of the molecule is CCN/C(Cl)=C(\C(=N)I)C(O)/C(C=N)=C/NC. The average Bonchev–Trinajstić information content (AvgIpc) is 2.25. The maximum atomic E-state index is 10.1. The van der Waals surface area contributed by atoms with E-state index in [0.29, 0.717) is 12.1 Å². The molecule has 96 valence electrons. The van der Waals surface area contributed by atoms with Crippen LogP contribution in [0.3, 0.4) is 0 Å². The maximum absolute atomic E-state index is 10.1. The fourth-order valence-corrected chi connectivity index (χ4v) is 2.18. The molecule has 1 unspecified atom stereocenters. The Kier molecular flexibility index (Phi) is 8.19. The largest absolute Gasteiger partial charge is 0.394 e. The van der Waals surface area contributed by atoms with Gasteiger partial charge in [-0.25, -0.2) is 0 Å². The molecular weight excluding hydrogens is 354 g/mol. The van der Waals surface area contributed by atoms with Gasteiger partial charge in [0.1, 0.15) is 15.0 Å². The van der Waals surface area contributed by atoms with E-state index in [-0.39, 0.29) is 14.4 Å². The normalized spacial score (nSPS) is 14.8. The lowest BCUT2D eigenvalue weighted by atomic mass is 10.0. The molecule has 0 saturated heterocycles. The van der Waals surface area contributed by atoms with Gasteiger partial charge in [-0.2, -0.15) is 0 Å². The first-order valence-corrected chi connectivity index (χ1v) is 6.39. The van der Waals surface area contributed by atoms with E-state index in [1.165, 1.54) is 6.20 Å². The highest BCUT2D eigenvalue weighted by Crippen LogP contribution is 2.20. The number of hydrogen-bond donors (Lipinski definition) is 5. The van der Waals surface area contributed by atoms with Gasteiger partial charge in [0.05, 0.1) is 5.57 Å². The molecule has 0 aliphatic carbocycles. The highest BCUT2D eigenvalue weighted by molar-refractivity contribution is 14.1. The molecule has 0 heterocycles. The third kappa shape index (κ3) is 5.05. The Balaban J connectivity index is 5.35. The van der Waals surface area contributed by atoms with Crippen LogP contribution in [0.5, 0.6) is 0 Å². The van der Waals surface area contributed by atoms with Crippen LogP contribution in [0.1, 0.15) is 6.92 Å². The Morgan fingerprint density at radius 3 is 2.53 bits per heavy atom. The second kappa shape index (κ2) is 8.48. The van der Waals surface area contributed by atoms with E-state index in [9.17, 15) is 5.11 Å². The summed E-state index contributed by atoms with van der Waals surface area (Å²) in [5.74, 6) is 0. The molecule has 0 aromatic carbocycles. The molecule has 0 amide bonds. The van der Waals surface area contributed by atoms with Crippen LogP contribution in [0.25, 0.3) is 0 Å². The molecule has 0 radical (unpaired) electrons. The van der Waals surface area contributed by atoms with Crippen molar-refractivity contribution < 1.29 is 5.11 Å². The number of aliphatic hydroxyl groups excluding tert-OH is 1. The van der Waals surface area contributed by atoms with E-state index in [1.807, 2.05) is 6.92 Å². The lowest BCUT2D eigenvalue weighted by Gasteiger charge is -2.16. The van der Waals surface area contributed by atoms with Crippen molar-refractivity contribution >= 4 is 44.1 Å². The van der Waals surface area contributed by atoms with Crippen LogP contribution in [-0.2, 0) is 0 Å². The molecule has 0 saturated carbocycles. The highest BCUT2D eigenvalue weighted by atomic mass is 127. The van der Waals surface area contributed by atoms with Gasteiger partial charge in [0.25, 0.3) is 0 Å². The summed E-state index contributed by atoms with van der Waals surface area (Å²) in [7, 11) is 1.67. The predicted molar refractivity (Wildman–Crippen MR) is 80.2 cm³/mol. The molecule has 5 nitrogen and oxygen atoms in total. The molecule has 0 aliphatic rings. The quantitative estimate of drug-likeness (QED) is 0.268. The van der Waals surface area contributed by atoms with Gasteiger partial charge in [-0.05, 0) is 29.5 Å². The zero-order valence-electron chi connectivity index (χ0n) is 9.64. The van der Waals surface area contributed by atoms with Gasteiger partial charge in [-0.1, -0.05) is 11.6 Å². The van der Waals surface area contributed by atoms with E-state index in [2.05, 4.69) is 10.6 Å². The number of hydrogen-bond acceptors (Lipinski definition) is 5. The zero-order chi connectivity index (χ0) is 13.4. The lowest BCUT2D eigenvalue weighted by molar-refractivity contribution is 0.258. The summed E-state index contributed by atoms with van der Waals surface area (Å²) < 4.78 is 0.130. The van der Waals surface area contributed by atoms with Crippen molar-refractivity contribution in [2.45, 2.75) is 13.0 Å². The Hall–Kier alpha value is -0.600. The van der Waals surface area contributed by atoms with E-state index in [0.717, 1.165) is 6.21 Å². The summed E-state index contributed by atoms with van der Waals surface area (Å²) in [4.78, 5) is 0. The summed E-state index contributed by atoms with van der Waals surface area (Å²) in [5.41, 5.74) is 0.596. The van der Waals surface area contributed by atoms with Crippen LogP contribution in [0.4, 0.5) is 0 Å². The van der Waals surface area contributed by atoms with Gasteiger partial charge in [0.2, 0.25) is 0 Å². The van der Waals surface area contributed by atoms with Gasteiger partial charge in [0, 0.05) is 31.6 Å². The molecule has 7 heteroatoms.